The van der Waals surface area contributed by atoms with E-state index in [9.17, 15) is 4.79 Å². The van der Waals surface area contributed by atoms with E-state index >= 15 is 0 Å². The second-order valence-corrected chi connectivity index (χ2v) is 7.08. The third-order valence-corrected chi connectivity index (χ3v) is 5.30. The number of thiazole rings is 1. The molecule has 2 fully saturated rings. The molecule has 23 heavy (non-hydrogen) atoms. The van der Waals surface area contributed by atoms with Crippen molar-refractivity contribution in [2.45, 2.75) is 25.7 Å². The summed E-state index contributed by atoms with van der Waals surface area (Å²) in [5.74, 6) is 0.495. The number of aromatic nitrogens is 1. The number of amides is 1. The van der Waals surface area contributed by atoms with E-state index in [0.29, 0.717) is 16.7 Å². The Bertz CT molecular complexity index is 836. The van der Waals surface area contributed by atoms with Crippen molar-refractivity contribution in [3.63, 3.8) is 0 Å². The van der Waals surface area contributed by atoms with Crippen LogP contribution >= 0.6 is 23.6 Å². The van der Waals surface area contributed by atoms with E-state index in [-0.39, 0.29) is 5.91 Å². The fraction of sp³-hybridized carbons (Fsp3) is 0.235. The van der Waals surface area contributed by atoms with Crippen LogP contribution < -0.4 is 10.2 Å². The van der Waals surface area contributed by atoms with Gasteiger partial charge in [-0.15, -0.1) is 11.3 Å². The van der Waals surface area contributed by atoms with Crippen molar-refractivity contribution in [3.8, 4) is 0 Å². The maximum Gasteiger partial charge on any atom is 0.281 e. The van der Waals surface area contributed by atoms with Gasteiger partial charge in [0.1, 0.15) is 5.70 Å². The Hall–Kier alpha value is -2.05. The number of hydrogen-bond donors (Lipinski definition) is 1. The van der Waals surface area contributed by atoms with Crippen LogP contribution in [0.4, 0.5) is 5.69 Å². The Labute approximate surface area is 143 Å². The second kappa shape index (κ2) is 5.54. The van der Waals surface area contributed by atoms with E-state index in [0.717, 1.165) is 16.9 Å². The van der Waals surface area contributed by atoms with Crippen molar-refractivity contribution in [1.29, 1.82) is 0 Å². The number of aryl methyl sites for hydroxylation is 1. The lowest BCUT2D eigenvalue weighted by Crippen LogP contribution is -2.30. The molecule has 0 unspecified atom stereocenters. The quantitative estimate of drug-likeness (QED) is 0.684. The number of rotatable bonds is 3. The molecule has 0 radical (unpaired) electrons. The molecule has 0 atom stereocenters. The summed E-state index contributed by atoms with van der Waals surface area (Å²) in [5.41, 5.74) is 3.12. The molecule has 116 valence electrons. The van der Waals surface area contributed by atoms with E-state index in [2.05, 4.69) is 10.3 Å². The van der Waals surface area contributed by atoms with Crippen molar-refractivity contribution in [2.75, 3.05) is 4.90 Å². The Morgan fingerprint density at radius 1 is 1.39 bits per heavy atom. The number of anilines is 1. The van der Waals surface area contributed by atoms with Crippen LogP contribution in [0.1, 0.15) is 35.0 Å². The lowest BCUT2D eigenvalue weighted by atomic mass is 10.2. The van der Waals surface area contributed by atoms with Crippen molar-refractivity contribution in [2.24, 2.45) is 0 Å². The van der Waals surface area contributed by atoms with Crippen molar-refractivity contribution >= 4 is 46.3 Å². The third kappa shape index (κ3) is 2.68. The molecule has 1 N–H and O–H groups in total. The fourth-order valence-corrected chi connectivity index (χ4v) is 3.84. The molecule has 4 nitrogen and oxygen atoms in total. The molecule has 1 aliphatic heterocycles. The minimum atomic E-state index is -0.134. The van der Waals surface area contributed by atoms with Gasteiger partial charge in [0.2, 0.25) is 0 Å². The summed E-state index contributed by atoms with van der Waals surface area (Å²) < 4.78 is 0. The molecule has 1 amide bonds. The van der Waals surface area contributed by atoms with Gasteiger partial charge in [0.25, 0.3) is 5.91 Å². The van der Waals surface area contributed by atoms with E-state index in [1.54, 1.807) is 22.3 Å². The highest BCUT2D eigenvalue weighted by Crippen LogP contribution is 2.41. The first-order valence-electron chi connectivity index (χ1n) is 7.51. The van der Waals surface area contributed by atoms with Crippen LogP contribution in [0.5, 0.6) is 0 Å². The summed E-state index contributed by atoms with van der Waals surface area (Å²) in [5, 5.41) is 6.59. The maximum absolute atomic E-state index is 12.7. The molecule has 1 saturated carbocycles. The molecule has 2 aromatic rings. The minimum Gasteiger partial charge on any atom is -0.327 e. The average Bonchev–Trinajstić information content (AvgIpc) is 3.22. The molecule has 1 saturated heterocycles. The Balaban J connectivity index is 1.63. The summed E-state index contributed by atoms with van der Waals surface area (Å²) in [6.07, 6.45) is 4.24. The number of para-hydroxylation sites is 1. The van der Waals surface area contributed by atoms with Gasteiger partial charge >= 0.3 is 0 Å². The Morgan fingerprint density at radius 3 is 2.91 bits per heavy atom. The average molecular weight is 341 g/mol. The van der Waals surface area contributed by atoms with Crippen LogP contribution in [0.15, 0.2) is 35.3 Å². The number of hydrogen-bond acceptors (Lipinski definition) is 4. The molecule has 2 aliphatic rings. The summed E-state index contributed by atoms with van der Waals surface area (Å²) in [6.45, 7) is 1.97. The van der Waals surface area contributed by atoms with E-state index in [4.69, 9.17) is 12.2 Å². The number of carbonyl (C=O) groups is 1. The minimum absolute atomic E-state index is 0.134. The molecule has 1 aromatic carbocycles. The Morgan fingerprint density at radius 2 is 2.17 bits per heavy atom. The summed E-state index contributed by atoms with van der Waals surface area (Å²) in [6, 6.07) is 7.72. The second-order valence-electron chi connectivity index (χ2n) is 5.80. The summed E-state index contributed by atoms with van der Waals surface area (Å²) in [4.78, 5) is 18.9. The first-order valence-corrected chi connectivity index (χ1v) is 8.80. The smallest absolute Gasteiger partial charge is 0.281 e. The van der Waals surface area contributed by atoms with Crippen molar-refractivity contribution in [1.82, 2.24) is 10.3 Å². The highest BCUT2D eigenvalue weighted by atomic mass is 32.1. The molecule has 1 aromatic heterocycles. The van der Waals surface area contributed by atoms with Gasteiger partial charge in [0.15, 0.2) is 5.11 Å². The van der Waals surface area contributed by atoms with Gasteiger partial charge in [0, 0.05) is 11.3 Å². The van der Waals surface area contributed by atoms with Gasteiger partial charge < -0.3 is 5.32 Å². The zero-order valence-corrected chi connectivity index (χ0v) is 14.2. The van der Waals surface area contributed by atoms with Gasteiger partial charge in [-0.3, -0.25) is 9.69 Å². The lowest BCUT2D eigenvalue weighted by molar-refractivity contribution is -0.113. The largest absolute Gasteiger partial charge is 0.327 e. The number of benzene rings is 1. The molecule has 1 aliphatic carbocycles. The van der Waals surface area contributed by atoms with Crippen molar-refractivity contribution in [3.05, 3.63) is 51.6 Å². The first kappa shape index (κ1) is 14.5. The van der Waals surface area contributed by atoms with Gasteiger partial charge in [0.05, 0.1) is 16.4 Å². The van der Waals surface area contributed by atoms with Gasteiger partial charge in [-0.05, 0) is 49.7 Å². The fourth-order valence-electron chi connectivity index (χ4n) is 2.60. The van der Waals surface area contributed by atoms with Crippen molar-refractivity contribution < 1.29 is 4.79 Å². The monoisotopic (exact) mass is 341 g/mol. The van der Waals surface area contributed by atoms with Crippen LogP contribution in [-0.2, 0) is 4.79 Å². The SMILES string of the molecule is Cc1ccccc1N1C(=O)C(=Cc2csc(C3CC3)n2)NC1=S. The number of thiocarbonyl (C=S) groups is 1. The lowest BCUT2D eigenvalue weighted by Gasteiger charge is -2.16. The van der Waals surface area contributed by atoms with E-state index in [1.165, 1.54) is 17.8 Å². The van der Waals surface area contributed by atoms with Gasteiger partial charge in [-0.1, -0.05) is 18.2 Å². The van der Waals surface area contributed by atoms with Crippen LogP contribution in [0.25, 0.3) is 6.08 Å². The maximum atomic E-state index is 12.7. The van der Waals surface area contributed by atoms with E-state index < -0.39 is 0 Å². The third-order valence-electron chi connectivity index (χ3n) is 3.99. The van der Waals surface area contributed by atoms with Crippen LogP contribution in [0.3, 0.4) is 0 Å². The zero-order valence-electron chi connectivity index (χ0n) is 12.6. The topological polar surface area (TPSA) is 45.2 Å². The van der Waals surface area contributed by atoms with Crippen LogP contribution in [0.2, 0.25) is 0 Å². The molecule has 0 bridgehead atoms. The number of nitrogens with one attached hydrogen (secondary N) is 1. The van der Waals surface area contributed by atoms with Gasteiger partial charge in [-0.25, -0.2) is 4.98 Å². The molecule has 0 spiro atoms. The molecular weight excluding hydrogens is 326 g/mol. The summed E-state index contributed by atoms with van der Waals surface area (Å²) in [7, 11) is 0. The molecule has 4 rings (SSSR count). The highest BCUT2D eigenvalue weighted by Gasteiger charge is 2.33. The standard InChI is InChI=1S/C17H15N3OS2/c1-10-4-2-3-5-14(10)20-16(21)13(19-17(20)22)8-12-9-23-15(18-12)11-6-7-11/h2-5,8-9,11H,6-7H2,1H3,(H,19,22). The first-order chi connectivity index (χ1) is 11.1. The van der Waals surface area contributed by atoms with Crippen LogP contribution in [0, 0.1) is 6.92 Å². The number of nitrogens with zero attached hydrogens (tertiary/aromatic N) is 2. The Kier molecular flexibility index (Phi) is 3.50. The predicted molar refractivity (Wildman–Crippen MR) is 96.5 cm³/mol. The highest BCUT2D eigenvalue weighted by molar-refractivity contribution is 7.80. The zero-order chi connectivity index (χ0) is 16.0. The molecule has 6 heteroatoms. The number of carbonyl (C=O) groups excluding carboxylic acids is 1. The normalized spacial score (nSPS) is 19.5. The molecular formula is C17H15N3OS2. The predicted octanol–water partition coefficient (Wildman–Crippen LogP) is 3.59. The van der Waals surface area contributed by atoms with Crippen LogP contribution in [-0.4, -0.2) is 16.0 Å². The summed E-state index contributed by atoms with van der Waals surface area (Å²) >= 11 is 7.01. The molecule has 2 heterocycles. The van der Waals surface area contributed by atoms with Gasteiger partial charge in [-0.2, -0.15) is 0 Å². The van der Waals surface area contributed by atoms with E-state index in [1.807, 2.05) is 36.6 Å².